The number of hydrogen-bond acceptors (Lipinski definition) is 5. The largest absolute Gasteiger partial charge is 0.469 e. The number of aromatic nitrogens is 1. The van der Waals surface area contributed by atoms with Crippen molar-refractivity contribution in [2.24, 2.45) is 5.92 Å². The number of carbonyl (C=O) groups is 2. The monoisotopic (exact) mass is 288 g/mol. The van der Waals surface area contributed by atoms with Crippen LogP contribution in [0.5, 0.6) is 0 Å². The molecular weight excluding hydrogens is 268 g/mol. The fraction of sp³-hybridized carbons (Fsp3) is 0.562. The van der Waals surface area contributed by atoms with Gasteiger partial charge in [0.05, 0.1) is 13.5 Å². The van der Waals surface area contributed by atoms with Crippen LogP contribution >= 0.6 is 0 Å². The van der Waals surface area contributed by atoms with Crippen molar-refractivity contribution >= 4 is 11.8 Å². The van der Waals surface area contributed by atoms with Crippen LogP contribution in [0.15, 0.2) is 18.3 Å². The van der Waals surface area contributed by atoms with Crippen molar-refractivity contribution in [3.63, 3.8) is 0 Å². The Morgan fingerprint density at radius 3 is 2.81 bits per heavy atom. The number of rotatable bonds is 4. The normalized spacial score (nSPS) is 30.4. The number of carbonyl (C=O) groups excluding carboxylic acids is 2. The summed E-state index contributed by atoms with van der Waals surface area (Å²) < 4.78 is 4.79. The second kappa shape index (κ2) is 5.22. The molecule has 1 aromatic heterocycles. The van der Waals surface area contributed by atoms with Crippen molar-refractivity contribution in [1.82, 2.24) is 10.3 Å². The van der Waals surface area contributed by atoms with E-state index in [4.69, 9.17) is 4.74 Å². The van der Waals surface area contributed by atoms with Crippen molar-refractivity contribution in [1.29, 1.82) is 0 Å². The number of hydrogen-bond donors (Lipinski definition) is 1. The van der Waals surface area contributed by atoms with E-state index in [1.54, 1.807) is 12.3 Å². The fourth-order valence-corrected chi connectivity index (χ4v) is 3.64. The molecule has 0 aromatic carbocycles. The summed E-state index contributed by atoms with van der Waals surface area (Å²) in [6.07, 6.45) is 4.61. The van der Waals surface area contributed by atoms with Crippen LogP contribution in [-0.4, -0.2) is 35.4 Å². The van der Waals surface area contributed by atoms with Gasteiger partial charge in [-0.3, -0.25) is 14.6 Å². The first-order valence-electron chi connectivity index (χ1n) is 7.35. The van der Waals surface area contributed by atoms with Crippen molar-refractivity contribution < 1.29 is 14.3 Å². The fourth-order valence-electron chi connectivity index (χ4n) is 3.64. The van der Waals surface area contributed by atoms with Crippen LogP contribution in [-0.2, 0) is 9.53 Å². The summed E-state index contributed by atoms with van der Waals surface area (Å²) in [5, 5.41) is 3.42. The number of ketones is 1. The van der Waals surface area contributed by atoms with Crippen molar-refractivity contribution in [3.05, 3.63) is 29.6 Å². The number of ether oxygens (including phenoxy) is 1. The maximum absolute atomic E-state index is 12.8. The molecule has 2 bridgehead atoms. The number of esters is 1. The molecule has 0 spiro atoms. The Bertz CT molecular complexity index is 561. The molecule has 1 saturated carbocycles. The van der Waals surface area contributed by atoms with E-state index in [2.05, 4.69) is 10.3 Å². The number of piperidine rings is 1. The highest BCUT2D eigenvalue weighted by molar-refractivity contribution is 5.97. The first-order valence-corrected chi connectivity index (χ1v) is 7.35. The maximum atomic E-state index is 12.8. The SMILES string of the molecule is COC(=O)CC12CC(CCC1C(=O)c1ccc(C)cn1)N2. The Balaban J connectivity index is 1.83. The minimum absolute atomic E-state index is 0.0320. The summed E-state index contributed by atoms with van der Waals surface area (Å²) in [4.78, 5) is 28.7. The summed E-state index contributed by atoms with van der Waals surface area (Å²) >= 11 is 0. The van der Waals surface area contributed by atoms with E-state index >= 15 is 0 Å². The van der Waals surface area contributed by atoms with Crippen LogP contribution < -0.4 is 5.32 Å². The highest BCUT2D eigenvalue weighted by atomic mass is 16.5. The van der Waals surface area contributed by atoms with E-state index in [0.29, 0.717) is 11.7 Å². The third-order valence-corrected chi connectivity index (χ3v) is 4.74. The van der Waals surface area contributed by atoms with Gasteiger partial charge in [-0.2, -0.15) is 0 Å². The van der Waals surface area contributed by atoms with Crippen LogP contribution in [0.1, 0.15) is 41.7 Å². The number of nitrogens with one attached hydrogen (secondary N) is 1. The lowest BCUT2D eigenvalue weighted by Crippen LogP contribution is -2.72. The van der Waals surface area contributed by atoms with Gasteiger partial charge in [-0.1, -0.05) is 6.07 Å². The third kappa shape index (κ3) is 2.46. The Labute approximate surface area is 124 Å². The lowest BCUT2D eigenvalue weighted by atomic mass is 9.60. The lowest BCUT2D eigenvalue weighted by molar-refractivity contribution is -0.145. The van der Waals surface area contributed by atoms with Crippen molar-refractivity contribution in [2.75, 3.05) is 7.11 Å². The third-order valence-electron chi connectivity index (χ3n) is 4.74. The minimum atomic E-state index is -0.431. The molecule has 0 amide bonds. The summed E-state index contributed by atoms with van der Waals surface area (Å²) in [7, 11) is 1.39. The van der Waals surface area contributed by atoms with E-state index in [1.807, 2.05) is 13.0 Å². The lowest BCUT2D eigenvalue weighted by Gasteiger charge is -2.57. The zero-order valence-electron chi connectivity index (χ0n) is 12.4. The average molecular weight is 288 g/mol. The molecule has 2 saturated heterocycles. The van der Waals surface area contributed by atoms with Crippen molar-refractivity contribution in [2.45, 2.75) is 44.2 Å². The van der Waals surface area contributed by atoms with Crippen LogP contribution in [0, 0.1) is 12.8 Å². The highest BCUT2D eigenvalue weighted by Gasteiger charge is 2.56. The van der Waals surface area contributed by atoms with Gasteiger partial charge < -0.3 is 10.1 Å². The molecule has 2 aliphatic heterocycles. The molecule has 3 fully saturated rings. The molecule has 3 aliphatic rings. The molecule has 3 atom stereocenters. The van der Waals surface area contributed by atoms with Gasteiger partial charge in [0.15, 0.2) is 5.78 Å². The van der Waals surface area contributed by atoms with Gasteiger partial charge in [0, 0.05) is 23.7 Å². The summed E-state index contributed by atoms with van der Waals surface area (Å²) in [5.41, 5.74) is 1.09. The average Bonchev–Trinajstić information content (AvgIpc) is 2.46. The number of aryl methyl sites for hydroxylation is 1. The number of pyridine rings is 1. The molecular formula is C16H20N2O3. The molecule has 1 N–H and O–H groups in total. The Morgan fingerprint density at radius 1 is 1.43 bits per heavy atom. The van der Waals surface area contributed by atoms with Gasteiger partial charge >= 0.3 is 5.97 Å². The van der Waals surface area contributed by atoms with Crippen LogP contribution in [0.2, 0.25) is 0 Å². The standard InChI is InChI=1S/C16H20N2O3/c1-10-3-6-13(17-9-10)15(20)12-5-4-11-7-16(12,18-11)8-14(19)21-2/h3,6,9,11-12,18H,4-5,7-8H2,1-2H3. The van der Waals surface area contributed by atoms with Crippen LogP contribution in [0.4, 0.5) is 0 Å². The predicted molar refractivity (Wildman–Crippen MR) is 76.9 cm³/mol. The maximum Gasteiger partial charge on any atom is 0.307 e. The molecule has 21 heavy (non-hydrogen) atoms. The van der Waals surface area contributed by atoms with E-state index < -0.39 is 5.54 Å². The molecule has 1 aromatic rings. The molecule has 3 unspecified atom stereocenters. The number of methoxy groups -OCH3 is 1. The number of fused-ring (bicyclic) bond motifs is 2. The minimum Gasteiger partial charge on any atom is -0.469 e. The molecule has 1 aliphatic carbocycles. The Hall–Kier alpha value is -1.75. The summed E-state index contributed by atoms with van der Waals surface area (Å²) in [5.74, 6) is -0.432. The van der Waals surface area contributed by atoms with Gasteiger partial charge in [0.25, 0.3) is 0 Å². The molecule has 112 valence electrons. The molecule has 3 heterocycles. The number of Topliss-reactive ketones (excluding diaryl/α,β-unsaturated/α-hetero) is 1. The second-order valence-electron chi connectivity index (χ2n) is 6.17. The topological polar surface area (TPSA) is 68.3 Å². The zero-order valence-corrected chi connectivity index (χ0v) is 12.4. The van der Waals surface area contributed by atoms with Crippen LogP contribution in [0.3, 0.4) is 0 Å². The van der Waals surface area contributed by atoms with E-state index in [9.17, 15) is 9.59 Å². The van der Waals surface area contributed by atoms with Crippen LogP contribution in [0.25, 0.3) is 0 Å². The summed E-state index contributed by atoms with van der Waals surface area (Å²) in [6, 6.07) is 4.10. The van der Waals surface area contributed by atoms with Gasteiger partial charge in [0.1, 0.15) is 5.69 Å². The Morgan fingerprint density at radius 2 is 2.19 bits per heavy atom. The quantitative estimate of drug-likeness (QED) is 0.674. The van der Waals surface area contributed by atoms with E-state index in [1.165, 1.54) is 7.11 Å². The molecule has 4 rings (SSSR count). The zero-order chi connectivity index (χ0) is 15.0. The van der Waals surface area contributed by atoms with Gasteiger partial charge in [-0.25, -0.2) is 0 Å². The predicted octanol–water partition coefficient (Wildman–Crippen LogP) is 1.65. The van der Waals surface area contributed by atoms with Gasteiger partial charge in [0.2, 0.25) is 0 Å². The smallest absolute Gasteiger partial charge is 0.307 e. The first-order chi connectivity index (χ1) is 10.0. The molecule has 0 radical (unpaired) electrons. The Kier molecular flexibility index (Phi) is 3.53. The summed E-state index contributed by atoms with van der Waals surface area (Å²) in [6.45, 7) is 1.94. The van der Waals surface area contributed by atoms with Gasteiger partial charge in [-0.05, 0) is 37.8 Å². The van der Waals surface area contributed by atoms with E-state index in [0.717, 1.165) is 24.8 Å². The van der Waals surface area contributed by atoms with Gasteiger partial charge in [-0.15, -0.1) is 0 Å². The highest BCUT2D eigenvalue weighted by Crippen LogP contribution is 2.46. The molecule has 5 nitrogen and oxygen atoms in total. The number of nitrogens with zero attached hydrogens (tertiary/aromatic N) is 1. The van der Waals surface area contributed by atoms with Crippen molar-refractivity contribution in [3.8, 4) is 0 Å². The second-order valence-corrected chi connectivity index (χ2v) is 6.17. The first kappa shape index (κ1) is 14.2. The molecule has 5 heteroatoms. The van der Waals surface area contributed by atoms with E-state index in [-0.39, 0.29) is 24.1 Å².